The molecule has 0 atom stereocenters. The topological polar surface area (TPSA) is 85.5 Å². The van der Waals surface area contributed by atoms with Gasteiger partial charge >= 0.3 is 34.1 Å². The van der Waals surface area contributed by atoms with Crippen molar-refractivity contribution >= 4 is 21.9 Å². The van der Waals surface area contributed by atoms with Gasteiger partial charge in [0.1, 0.15) is 0 Å². The van der Waals surface area contributed by atoms with Crippen LogP contribution in [-0.4, -0.2) is 21.9 Å². The fourth-order valence-electron chi connectivity index (χ4n) is 0. The first-order valence-corrected chi connectivity index (χ1v) is 0. The normalized spacial score (nSPS) is 0. The van der Waals surface area contributed by atoms with E-state index in [1.807, 2.05) is 0 Å². The molecule has 0 rings (SSSR count). The summed E-state index contributed by atoms with van der Waals surface area (Å²) in [5, 5.41) is 0. The zero-order valence-electron chi connectivity index (χ0n) is 3.75. The maximum atomic E-state index is 0. The third kappa shape index (κ3) is 126. The molecule has 3 nitrogen and oxygen atoms in total. The molecule has 0 unspecified atom stereocenters. The Morgan fingerprint density at radius 3 is 0.444 bits per heavy atom. The molecule has 0 heterocycles. The van der Waals surface area contributed by atoms with Gasteiger partial charge < -0.3 is 16.4 Å². The monoisotopic (exact) mass is 320 g/mol. The average molecular weight is 320 g/mol. The van der Waals surface area contributed by atoms with Gasteiger partial charge in [-0.25, -0.2) is 0 Å². The fraction of sp³-hybridized carbons (Fsp3) is 0. The van der Waals surface area contributed by atoms with Gasteiger partial charge in [0.25, 0.3) is 0 Å². The van der Waals surface area contributed by atoms with Crippen molar-refractivity contribution in [3.8, 4) is 0 Å². The molecule has 0 aromatic heterocycles. The summed E-state index contributed by atoms with van der Waals surface area (Å²) >= 11 is 0. The Bertz CT molecular complexity index is 17.8. The molecular weight excluding hydrogens is 320 g/mol. The molecule has 54 valence electrons. The second-order valence-electron chi connectivity index (χ2n) is 0. The number of hydrogen-bond acceptors (Lipinski definition) is 0. The van der Waals surface area contributed by atoms with Crippen molar-refractivity contribution < 1.29 is 85.3 Å². The van der Waals surface area contributed by atoms with Gasteiger partial charge in [-0.2, -0.15) is 0 Å². The molecule has 0 fully saturated rings. The zero-order chi connectivity index (χ0) is 0. The smallest absolute Gasteiger partial charge is 2.00 e. The maximum Gasteiger partial charge on any atom is 3.00 e. The molecule has 0 N–H and O–H groups in total. The molecule has 0 amide bonds. The van der Waals surface area contributed by atoms with Crippen LogP contribution in [0.5, 0.6) is 0 Å². The maximum absolute atomic E-state index is 0. The first kappa shape index (κ1) is 212. The second kappa shape index (κ2) is 158. The van der Waals surface area contributed by atoms with E-state index >= 15 is 0 Å². The number of hydrogen-bond donors (Lipinski definition) is 0. The van der Waals surface area contributed by atoms with E-state index in [9.17, 15) is 0 Å². The van der Waals surface area contributed by atoms with E-state index in [2.05, 4.69) is 0 Å². The summed E-state index contributed by atoms with van der Waals surface area (Å²) in [6.07, 6.45) is 0. The molecule has 0 aliphatic heterocycles. The fourth-order valence-corrected chi connectivity index (χ4v) is 0. The van der Waals surface area contributed by atoms with Crippen LogP contribution in [-0.2, 0) is 85.3 Å². The van der Waals surface area contributed by atoms with Crippen molar-refractivity contribution in [2.75, 3.05) is 0 Å². The Morgan fingerprint density at radius 1 is 0.444 bits per heavy atom. The van der Waals surface area contributed by atoms with Crippen molar-refractivity contribution in [3.63, 3.8) is 0 Å². The molecule has 0 saturated carbocycles. The van der Waals surface area contributed by atoms with Gasteiger partial charge in [-0.1, -0.05) is 0 Å². The second-order valence-corrected chi connectivity index (χ2v) is 0. The third-order valence-corrected chi connectivity index (χ3v) is 0. The molecule has 0 aliphatic rings. The van der Waals surface area contributed by atoms with Crippen LogP contribution in [0.3, 0.4) is 0 Å². The summed E-state index contributed by atoms with van der Waals surface area (Å²) in [5.74, 6) is 0. The zero-order valence-corrected chi connectivity index (χ0v) is 10.5. The van der Waals surface area contributed by atoms with E-state index in [1.54, 1.807) is 0 Å². The minimum absolute atomic E-state index is 0. The summed E-state index contributed by atoms with van der Waals surface area (Å²) in [5.41, 5.74) is 0. The van der Waals surface area contributed by atoms with Gasteiger partial charge in [0.05, 0.1) is 0 Å². The van der Waals surface area contributed by atoms with Crippen molar-refractivity contribution in [1.82, 2.24) is 0 Å². The minimum Gasteiger partial charge on any atom is -2.00 e. The van der Waals surface area contributed by atoms with Gasteiger partial charge in [-0.3, -0.25) is 0 Å². The summed E-state index contributed by atoms with van der Waals surface area (Å²) in [6, 6.07) is 0. The molecule has 9 heteroatoms. The van der Waals surface area contributed by atoms with Crippen molar-refractivity contribution in [2.45, 2.75) is 0 Å². The Hall–Kier alpha value is 2.42. The largest absolute Gasteiger partial charge is 3.00 e. The van der Waals surface area contributed by atoms with Crippen LogP contribution >= 0.6 is 0 Å². The van der Waals surface area contributed by atoms with Gasteiger partial charge in [-0.15, -0.1) is 0 Å². The first-order valence-electron chi connectivity index (χ1n) is 0. The number of rotatable bonds is 0. The van der Waals surface area contributed by atoms with Crippen LogP contribution in [0, 0.1) is 0 Å². The Kier molecular flexibility index (Phi) is 3720. The standard InChI is InChI=1S/2Cr.2Fe.3O.2Si/q;;2*+3;3*-2;;. The van der Waals surface area contributed by atoms with E-state index in [0.29, 0.717) is 0 Å². The molecule has 0 aromatic rings. The van der Waals surface area contributed by atoms with Crippen LogP contribution in [0.1, 0.15) is 0 Å². The molecular formula is Cr2Fe2O3Si2. The van der Waals surface area contributed by atoms with Gasteiger partial charge in [0.2, 0.25) is 0 Å². The van der Waals surface area contributed by atoms with Crippen molar-refractivity contribution in [1.29, 1.82) is 0 Å². The summed E-state index contributed by atoms with van der Waals surface area (Å²) in [7, 11) is 0. The molecule has 0 bridgehead atoms. The van der Waals surface area contributed by atoms with Gasteiger partial charge in [0.15, 0.2) is 0 Å². The Labute approximate surface area is 106 Å². The van der Waals surface area contributed by atoms with E-state index in [4.69, 9.17) is 0 Å². The van der Waals surface area contributed by atoms with E-state index in [1.165, 1.54) is 0 Å². The molecule has 0 aliphatic carbocycles. The van der Waals surface area contributed by atoms with Gasteiger partial charge in [-0.05, 0) is 0 Å². The van der Waals surface area contributed by atoms with E-state index < -0.39 is 0 Å². The molecule has 0 saturated heterocycles. The molecule has 9 heavy (non-hydrogen) atoms. The quantitative estimate of drug-likeness (QED) is 0.506. The molecule has 0 spiro atoms. The first-order chi connectivity index (χ1) is 0. The van der Waals surface area contributed by atoms with E-state index in [-0.39, 0.29) is 107 Å². The third-order valence-electron chi connectivity index (χ3n) is 0. The van der Waals surface area contributed by atoms with Crippen LogP contribution in [0.2, 0.25) is 0 Å². The van der Waals surface area contributed by atoms with E-state index in [0.717, 1.165) is 0 Å². The van der Waals surface area contributed by atoms with Crippen LogP contribution in [0.25, 0.3) is 0 Å². The minimum atomic E-state index is 0. The van der Waals surface area contributed by atoms with Crippen LogP contribution in [0.4, 0.5) is 0 Å². The SMILES string of the molecule is [Cr].[Cr].[Fe+3].[Fe+3].[O-2].[O-2].[O-2].[Si].[Si]. The van der Waals surface area contributed by atoms with Crippen molar-refractivity contribution in [2.24, 2.45) is 0 Å². The Balaban J connectivity index is 0. The Morgan fingerprint density at radius 2 is 0.444 bits per heavy atom. The van der Waals surface area contributed by atoms with Gasteiger partial charge in [0, 0.05) is 56.7 Å². The predicted octanol–water partition coefficient (Wildman–Crippen LogP) is -1.13. The molecule has 10 radical (unpaired) electrons. The predicted molar refractivity (Wildman–Crippen MR) is 13.6 cm³/mol. The summed E-state index contributed by atoms with van der Waals surface area (Å²) in [6.45, 7) is 0. The van der Waals surface area contributed by atoms with Crippen LogP contribution < -0.4 is 0 Å². The summed E-state index contributed by atoms with van der Waals surface area (Å²) < 4.78 is 0. The van der Waals surface area contributed by atoms with Crippen molar-refractivity contribution in [3.05, 3.63) is 0 Å². The molecule has 0 aromatic carbocycles. The van der Waals surface area contributed by atoms with Crippen LogP contribution in [0.15, 0.2) is 0 Å². The average Bonchev–Trinajstić information content (AvgIpc) is 0. The summed E-state index contributed by atoms with van der Waals surface area (Å²) in [4.78, 5) is 0.